The monoisotopic (exact) mass is 329 g/mol. The molecule has 0 saturated heterocycles. The Morgan fingerprint density at radius 1 is 1.12 bits per heavy atom. The molecule has 3 rings (SSSR count). The van der Waals surface area contributed by atoms with Gasteiger partial charge in [-0.1, -0.05) is 43.5 Å². The summed E-state index contributed by atoms with van der Waals surface area (Å²) >= 11 is 0. The van der Waals surface area contributed by atoms with E-state index >= 15 is 0 Å². The van der Waals surface area contributed by atoms with E-state index in [0.717, 1.165) is 37.7 Å². The molecule has 2 atom stereocenters. The van der Waals surface area contributed by atoms with Gasteiger partial charge in [0.05, 0.1) is 11.3 Å². The first-order valence-electron chi connectivity index (χ1n) is 9.13. The number of aryl methyl sites for hydroxylation is 1. The first kappa shape index (κ1) is 17.0. The number of carbonyl (C=O) groups is 2. The molecule has 0 aromatic heterocycles. The molecule has 0 radical (unpaired) electrons. The van der Waals surface area contributed by atoms with Crippen molar-refractivity contribution in [1.82, 2.24) is 5.32 Å². The maximum atomic E-state index is 13.2. The molecule has 24 heavy (non-hydrogen) atoms. The number of carboxylic acid groups (broad SMARTS) is 1. The van der Waals surface area contributed by atoms with E-state index in [2.05, 4.69) is 24.4 Å². The molecule has 2 N–H and O–H groups in total. The number of rotatable bonds is 4. The Balaban J connectivity index is 1.81. The molecule has 1 aromatic rings. The summed E-state index contributed by atoms with van der Waals surface area (Å²) in [5.74, 6) is -0.943. The molecule has 1 amide bonds. The van der Waals surface area contributed by atoms with Gasteiger partial charge in [-0.2, -0.15) is 0 Å². The van der Waals surface area contributed by atoms with Crippen molar-refractivity contribution in [2.24, 2.45) is 5.92 Å². The second kappa shape index (κ2) is 6.96. The number of benzene rings is 1. The number of hydrogen-bond donors (Lipinski definition) is 2. The highest BCUT2D eigenvalue weighted by Crippen LogP contribution is 2.41. The minimum absolute atomic E-state index is 0.00131. The Labute approximate surface area is 143 Å². The van der Waals surface area contributed by atoms with E-state index < -0.39 is 11.4 Å². The van der Waals surface area contributed by atoms with Crippen LogP contribution in [0.15, 0.2) is 24.3 Å². The van der Waals surface area contributed by atoms with E-state index in [1.165, 1.54) is 12.0 Å². The van der Waals surface area contributed by atoms with Gasteiger partial charge in [-0.15, -0.1) is 0 Å². The zero-order valence-corrected chi connectivity index (χ0v) is 14.4. The molecule has 0 bridgehead atoms. The van der Waals surface area contributed by atoms with Crippen molar-refractivity contribution in [3.05, 3.63) is 35.4 Å². The standard InChI is InChI=1S/C20H27NO3/c1-14-7-3-4-8-17(14)20(11-5-2-6-12-20)19(24)21-16-10-9-15(13-16)18(22)23/h3-4,7-8,15-16H,2,5-6,9-13H2,1H3,(H,21,24)(H,22,23)/t15-,16+/m0/s1. The van der Waals surface area contributed by atoms with Crippen LogP contribution in [-0.4, -0.2) is 23.0 Å². The second-order valence-corrected chi connectivity index (χ2v) is 7.48. The van der Waals surface area contributed by atoms with Gasteiger partial charge in [-0.25, -0.2) is 0 Å². The molecule has 2 saturated carbocycles. The summed E-state index contributed by atoms with van der Waals surface area (Å²) in [5, 5.41) is 12.4. The highest BCUT2D eigenvalue weighted by Gasteiger charge is 2.43. The van der Waals surface area contributed by atoms with Crippen LogP contribution in [0.1, 0.15) is 62.5 Å². The van der Waals surface area contributed by atoms with Gasteiger partial charge in [0.2, 0.25) is 5.91 Å². The van der Waals surface area contributed by atoms with Gasteiger partial charge in [0.25, 0.3) is 0 Å². The van der Waals surface area contributed by atoms with E-state index in [1.807, 2.05) is 12.1 Å². The third-order valence-electron chi connectivity index (χ3n) is 5.92. The zero-order valence-electron chi connectivity index (χ0n) is 14.4. The molecule has 2 aliphatic carbocycles. The van der Waals surface area contributed by atoms with Crippen LogP contribution < -0.4 is 5.32 Å². The Kier molecular flexibility index (Phi) is 4.93. The van der Waals surface area contributed by atoms with Crippen LogP contribution >= 0.6 is 0 Å². The smallest absolute Gasteiger partial charge is 0.306 e. The number of carbonyl (C=O) groups excluding carboxylic acids is 1. The molecule has 130 valence electrons. The second-order valence-electron chi connectivity index (χ2n) is 7.48. The maximum absolute atomic E-state index is 13.2. The van der Waals surface area contributed by atoms with Crippen LogP contribution in [0, 0.1) is 12.8 Å². The van der Waals surface area contributed by atoms with Crippen molar-refractivity contribution in [3.8, 4) is 0 Å². The third kappa shape index (κ3) is 3.19. The molecular weight excluding hydrogens is 302 g/mol. The fraction of sp³-hybridized carbons (Fsp3) is 0.600. The van der Waals surface area contributed by atoms with E-state index in [9.17, 15) is 9.59 Å². The first-order valence-corrected chi connectivity index (χ1v) is 9.13. The average Bonchev–Trinajstić information content (AvgIpc) is 3.04. The third-order valence-corrected chi connectivity index (χ3v) is 5.92. The van der Waals surface area contributed by atoms with Gasteiger partial charge >= 0.3 is 5.97 Å². The Bertz CT molecular complexity index is 619. The summed E-state index contributed by atoms with van der Waals surface area (Å²) in [4.78, 5) is 24.4. The van der Waals surface area contributed by atoms with Gasteiger partial charge in [0.1, 0.15) is 0 Å². The van der Waals surface area contributed by atoms with Crippen molar-refractivity contribution in [2.75, 3.05) is 0 Å². The molecule has 2 fully saturated rings. The Morgan fingerprint density at radius 3 is 2.46 bits per heavy atom. The first-order chi connectivity index (χ1) is 11.5. The predicted molar refractivity (Wildman–Crippen MR) is 92.8 cm³/mol. The van der Waals surface area contributed by atoms with Crippen molar-refractivity contribution in [3.63, 3.8) is 0 Å². The molecule has 4 nitrogen and oxygen atoms in total. The van der Waals surface area contributed by atoms with E-state index in [0.29, 0.717) is 12.8 Å². The fourth-order valence-corrected chi connectivity index (χ4v) is 4.54. The van der Waals surface area contributed by atoms with Crippen LogP contribution in [0.3, 0.4) is 0 Å². The molecule has 1 aromatic carbocycles. The lowest BCUT2D eigenvalue weighted by atomic mass is 9.67. The lowest BCUT2D eigenvalue weighted by molar-refractivity contribution is -0.141. The molecule has 2 aliphatic rings. The van der Waals surface area contributed by atoms with Crippen LogP contribution in [0.25, 0.3) is 0 Å². The lowest BCUT2D eigenvalue weighted by Gasteiger charge is -2.38. The quantitative estimate of drug-likeness (QED) is 0.887. The molecule has 0 unspecified atom stereocenters. The SMILES string of the molecule is Cc1ccccc1C1(C(=O)N[C@@H]2CC[C@H](C(=O)O)C2)CCCCC1. The Hall–Kier alpha value is -1.84. The van der Waals surface area contributed by atoms with Gasteiger partial charge in [0.15, 0.2) is 0 Å². The Morgan fingerprint density at radius 2 is 1.83 bits per heavy atom. The van der Waals surface area contributed by atoms with Crippen molar-refractivity contribution >= 4 is 11.9 Å². The highest BCUT2D eigenvalue weighted by molar-refractivity contribution is 5.89. The number of hydrogen-bond acceptors (Lipinski definition) is 2. The van der Waals surface area contributed by atoms with Crippen LogP contribution in [0.2, 0.25) is 0 Å². The largest absolute Gasteiger partial charge is 0.481 e. The number of amides is 1. The molecular formula is C20H27NO3. The lowest BCUT2D eigenvalue weighted by Crippen LogP contribution is -2.49. The average molecular weight is 329 g/mol. The van der Waals surface area contributed by atoms with Crippen LogP contribution in [0.5, 0.6) is 0 Å². The number of nitrogens with one attached hydrogen (secondary N) is 1. The summed E-state index contributed by atoms with van der Waals surface area (Å²) in [6, 6.07) is 8.20. The minimum Gasteiger partial charge on any atom is -0.481 e. The van der Waals surface area contributed by atoms with Gasteiger partial charge in [-0.05, 0) is 50.2 Å². The summed E-state index contributed by atoms with van der Waals surface area (Å²) in [6.07, 6.45) is 7.10. The van der Waals surface area contributed by atoms with E-state index in [-0.39, 0.29) is 17.9 Å². The number of aliphatic carboxylic acids is 1. The molecule has 0 aliphatic heterocycles. The van der Waals surface area contributed by atoms with Crippen molar-refractivity contribution in [1.29, 1.82) is 0 Å². The normalized spacial score (nSPS) is 26.0. The van der Waals surface area contributed by atoms with Gasteiger partial charge in [0, 0.05) is 6.04 Å². The molecule has 0 spiro atoms. The van der Waals surface area contributed by atoms with Crippen molar-refractivity contribution in [2.45, 2.75) is 69.7 Å². The zero-order chi connectivity index (χ0) is 17.2. The number of carboxylic acids is 1. The van der Waals surface area contributed by atoms with Gasteiger partial charge < -0.3 is 10.4 Å². The van der Waals surface area contributed by atoms with Crippen molar-refractivity contribution < 1.29 is 14.7 Å². The van der Waals surface area contributed by atoms with Crippen LogP contribution in [0.4, 0.5) is 0 Å². The topological polar surface area (TPSA) is 66.4 Å². The highest BCUT2D eigenvalue weighted by atomic mass is 16.4. The van der Waals surface area contributed by atoms with Crippen LogP contribution in [-0.2, 0) is 15.0 Å². The fourth-order valence-electron chi connectivity index (χ4n) is 4.54. The van der Waals surface area contributed by atoms with Gasteiger partial charge in [-0.3, -0.25) is 9.59 Å². The summed E-state index contributed by atoms with van der Waals surface area (Å²) < 4.78 is 0. The van der Waals surface area contributed by atoms with E-state index in [4.69, 9.17) is 5.11 Å². The van der Waals surface area contributed by atoms with E-state index in [1.54, 1.807) is 0 Å². The summed E-state index contributed by atoms with van der Waals surface area (Å²) in [6.45, 7) is 2.08. The molecule has 0 heterocycles. The molecule has 4 heteroatoms. The minimum atomic E-state index is -0.738. The maximum Gasteiger partial charge on any atom is 0.306 e. The summed E-state index contributed by atoms with van der Waals surface area (Å²) in [7, 11) is 0. The summed E-state index contributed by atoms with van der Waals surface area (Å²) in [5.41, 5.74) is 1.88. The predicted octanol–water partition coefficient (Wildman–Crippen LogP) is 3.57.